The Labute approximate surface area is 191 Å². The fourth-order valence-electron chi connectivity index (χ4n) is 5.33. The van der Waals surface area contributed by atoms with Gasteiger partial charge in [-0.3, -0.25) is 19.7 Å². The lowest BCUT2D eigenvalue weighted by atomic mass is 9.76. The van der Waals surface area contributed by atoms with Gasteiger partial charge >= 0.3 is 6.18 Å². The topological polar surface area (TPSA) is 78.5 Å². The number of alkyl halides is 3. The summed E-state index contributed by atoms with van der Waals surface area (Å²) in [7, 11) is 0. The zero-order valence-corrected chi connectivity index (χ0v) is 18.3. The average Bonchev–Trinajstić information content (AvgIpc) is 3.36. The van der Waals surface area contributed by atoms with Gasteiger partial charge in [-0.15, -0.1) is 0 Å². The molecule has 3 heterocycles. The van der Waals surface area contributed by atoms with Gasteiger partial charge < -0.3 is 5.32 Å². The van der Waals surface area contributed by atoms with E-state index < -0.39 is 52.9 Å². The fourth-order valence-corrected chi connectivity index (χ4v) is 5.82. The van der Waals surface area contributed by atoms with E-state index in [-0.39, 0.29) is 5.69 Å². The molecule has 0 aromatic heterocycles. The summed E-state index contributed by atoms with van der Waals surface area (Å²) in [4.78, 5) is 41.3. The number of hydrogen-bond donors (Lipinski definition) is 2. The van der Waals surface area contributed by atoms with Crippen molar-refractivity contribution in [2.24, 2.45) is 11.8 Å². The second-order valence-corrected chi connectivity index (χ2v) is 9.39. The Morgan fingerprint density at radius 2 is 1.82 bits per heavy atom. The molecule has 33 heavy (non-hydrogen) atoms. The number of para-hydroxylation sites is 1. The van der Waals surface area contributed by atoms with Crippen molar-refractivity contribution < 1.29 is 27.6 Å². The summed E-state index contributed by atoms with van der Waals surface area (Å²) in [5.74, 6) is -2.93. The highest BCUT2D eigenvalue weighted by molar-refractivity contribution is 7.98. The first-order chi connectivity index (χ1) is 15.7. The molecule has 0 bridgehead atoms. The summed E-state index contributed by atoms with van der Waals surface area (Å²) in [6.07, 6.45) is -2.18. The van der Waals surface area contributed by atoms with Crippen LogP contribution in [-0.4, -0.2) is 35.8 Å². The van der Waals surface area contributed by atoms with Crippen molar-refractivity contribution in [3.63, 3.8) is 0 Å². The quantitative estimate of drug-likeness (QED) is 0.663. The summed E-state index contributed by atoms with van der Waals surface area (Å²) >= 11 is 1.57. The van der Waals surface area contributed by atoms with Crippen LogP contribution in [0.15, 0.2) is 48.5 Å². The lowest BCUT2D eigenvalue weighted by Crippen LogP contribution is -2.53. The van der Waals surface area contributed by atoms with E-state index in [9.17, 15) is 27.6 Å². The molecule has 172 valence electrons. The van der Waals surface area contributed by atoms with Gasteiger partial charge in [0.15, 0.2) is 0 Å². The number of nitrogens with one attached hydrogen (secondary N) is 2. The highest BCUT2D eigenvalue weighted by Gasteiger charge is 2.70. The van der Waals surface area contributed by atoms with Crippen molar-refractivity contribution in [1.82, 2.24) is 5.32 Å². The zero-order chi connectivity index (χ0) is 23.5. The minimum atomic E-state index is -4.62. The van der Waals surface area contributed by atoms with Gasteiger partial charge in [-0.05, 0) is 42.7 Å². The molecule has 10 heteroatoms. The summed E-state index contributed by atoms with van der Waals surface area (Å²) in [5, 5.41) is 6.10. The first-order valence-corrected chi connectivity index (χ1v) is 11.8. The molecule has 3 aliphatic rings. The molecule has 4 atom stereocenters. The van der Waals surface area contributed by atoms with E-state index in [1.807, 2.05) is 6.26 Å². The van der Waals surface area contributed by atoms with Gasteiger partial charge in [-0.25, -0.2) is 4.90 Å². The molecule has 2 fully saturated rings. The van der Waals surface area contributed by atoms with Crippen LogP contribution in [0, 0.1) is 11.8 Å². The fraction of sp³-hybridized carbons (Fsp3) is 0.348. The van der Waals surface area contributed by atoms with Crippen LogP contribution >= 0.6 is 11.8 Å². The van der Waals surface area contributed by atoms with Crippen LogP contribution in [0.3, 0.4) is 0 Å². The minimum Gasteiger partial charge on any atom is -0.324 e. The second kappa shape index (κ2) is 7.59. The largest absolute Gasteiger partial charge is 0.416 e. The maximum absolute atomic E-state index is 13.7. The van der Waals surface area contributed by atoms with E-state index in [1.54, 1.807) is 36.0 Å². The molecule has 0 saturated carbocycles. The van der Waals surface area contributed by atoms with Crippen molar-refractivity contribution in [3.05, 3.63) is 59.7 Å². The molecule has 3 aliphatic heterocycles. The lowest BCUT2D eigenvalue weighted by Gasteiger charge is -2.29. The van der Waals surface area contributed by atoms with Crippen molar-refractivity contribution in [2.75, 3.05) is 22.2 Å². The van der Waals surface area contributed by atoms with Gasteiger partial charge in [-0.2, -0.15) is 24.9 Å². The highest BCUT2D eigenvalue weighted by Crippen LogP contribution is 2.54. The number of imide groups is 1. The lowest BCUT2D eigenvalue weighted by molar-refractivity contribution is -0.137. The monoisotopic (exact) mass is 475 g/mol. The number of benzene rings is 2. The van der Waals surface area contributed by atoms with Crippen LogP contribution < -0.4 is 15.5 Å². The van der Waals surface area contributed by atoms with Crippen LogP contribution in [0.4, 0.5) is 24.5 Å². The molecule has 1 spiro atoms. The van der Waals surface area contributed by atoms with Crippen molar-refractivity contribution >= 4 is 40.9 Å². The molecule has 0 unspecified atom stereocenters. The van der Waals surface area contributed by atoms with E-state index >= 15 is 0 Å². The van der Waals surface area contributed by atoms with Gasteiger partial charge in [0.2, 0.25) is 17.7 Å². The van der Waals surface area contributed by atoms with Crippen molar-refractivity contribution in [1.29, 1.82) is 0 Å². The number of carbonyl (C=O) groups is 3. The van der Waals surface area contributed by atoms with E-state index in [2.05, 4.69) is 10.6 Å². The summed E-state index contributed by atoms with van der Waals surface area (Å²) in [6.45, 7) is 0. The maximum Gasteiger partial charge on any atom is 0.416 e. The van der Waals surface area contributed by atoms with Crippen LogP contribution in [-0.2, 0) is 26.1 Å². The van der Waals surface area contributed by atoms with E-state index in [0.717, 1.165) is 17.0 Å². The molecule has 2 aromatic carbocycles. The van der Waals surface area contributed by atoms with Crippen LogP contribution in [0.25, 0.3) is 0 Å². The zero-order valence-electron chi connectivity index (χ0n) is 17.5. The Morgan fingerprint density at radius 3 is 2.55 bits per heavy atom. The first-order valence-electron chi connectivity index (χ1n) is 10.4. The summed E-state index contributed by atoms with van der Waals surface area (Å²) < 4.78 is 39.9. The van der Waals surface area contributed by atoms with Gasteiger partial charge in [0.1, 0.15) is 5.54 Å². The molecule has 2 saturated heterocycles. The molecule has 6 nitrogen and oxygen atoms in total. The number of rotatable bonds is 4. The molecular weight excluding hydrogens is 455 g/mol. The number of halogens is 3. The molecule has 0 aliphatic carbocycles. The smallest absolute Gasteiger partial charge is 0.324 e. The number of thioether (sulfide) groups is 1. The van der Waals surface area contributed by atoms with E-state index in [1.165, 1.54) is 12.1 Å². The van der Waals surface area contributed by atoms with Crippen LogP contribution in [0.5, 0.6) is 0 Å². The Kier molecular flexibility index (Phi) is 5.06. The van der Waals surface area contributed by atoms with Crippen LogP contribution in [0.1, 0.15) is 17.5 Å². The molecule has 2 N–H and O–H groups in total. The number of anilines is 2. The third kappa shape index (κ3) is 3.11. The highest BCUT2D eigenvalue weighted by atomic mass is 32.2. The first kappa shape index (κ1) is 22.0. The maximum atomic E-state index is 13.7. The van der Waals surface area contributed by atoms with Gasteiger partial charge in [0.25, 0.3) is 0 Å². The molecule has 3 amide bonds. The van der Waals surface area contributed by atoms with Gasteiger partial charge in [0, 0.05) is 17.3 Å². The van der Waals surface area contributed by atoms with E-state index in [4.69, 9.17) is 0 Å². The predicted molar refractivity (Wildman–Crippen MR) is 118 cm³/mol. The number of nitrogens with zero attached hydrogens (tertiary/aromatic N) is 1. The van der Waals surface area contributed by atoms with Crippen molar-refractivity contribution in [2.45, 2.75) is 24.2 Å². The van der Waals surface area contributed by atoms with Gasteiger partial charge in [-0.1, -0.05) is 24.3 Å². The average molecular weight is 475 g/mol. The standard InChI is InChI=1S/C23H20F3N3O3S/c1-33-10-9-16-17-18(22(28-16)14-7-2-3-8-15(14)27-21(22)32)20(31)29(19(17)30)13-6-4-5-12(11-13)23(24,25)26/h2-8,11,16-18,28H,9-10H2,1H3,(H,27,32)/t16-,17+,18-,22-/m0/s1. The SMILES string of the molecule is CSCC[C@@H]1N[C@]2(C(=O)Nc3ccccc32)[C@@H]2C(=O)N(c3cccc(C(F)(F)F)c3)C(=O)[C@H]12. The number of carbonyl (C=O) groups excluding carboxylic acids is 3. The molecule has 5 rings (SSSR count). The Hall–Kier alpha value is -2.85. The third-order valence-corrected chi connectivity index (χ3v) is 7.33. The normalized spacial score (nSPS) is 28.4. The Balaban J connectivity index is 1.63. The number of amides is 3. The minimum absolute atomic E-state index is 0.139. The Bertz CT molecular complexity index is 1170. The third-order valence-electron chi connectivity index (χ3n) is 6.69. The summed E-state index contributed by atoms with van der Waals surface area (Å²) in [6, 6.07) is 10.7. The van der Waals surface area contributed by atoms with Crippen LogP contribution in [0.2, 0.25) is 0 Å². The van der Waals surface area contributed by atoms with E-state index in [0.29, 0.717) is 23.4 Å². The summed E-state index contributed by atoms with van der Waals surface area (Å²) in [5.41, 5.74) is -1.42. The number of hydrogen-bond acceptors (Lipinski definition) is 5. The Morgan fingerprint density at radius 1 is 1.06 bits per heavy atom. The molecule has 0 radical (unpaired) electrons. The van der Waals surface area contributed by atoms with Crippen molar-refractivity contribution in [3.8, 4) is 0 Å². The number of fused-ring (bicyclic) bond motifs is 4. The van der Waals surface area contributed by atoms with Gasteiger partial charge in [0.05, 0.1) is 23.1 Å². The second-order valence-electron chi connectivity index (χ2n) is 8.40. The molecule has 2 aromatic rings. The molecular formula is C23H20F3N3O3S. The predicted octanol–water partition coefficient (Wildman–Crippen LogP) is 3.38.